The Kier molecular flexibility index (Phi) is 3.41. The summed E-state index contributed by atoms with van der Waals surface area (Å²) in [7, 11) is 0. The van der Waals surface area contributed by atoms with Crippen LogP contribution in [-0.2, 0) is 0 Å². The summed E-state index contributed by atoms with van der Waals surface area (Å²) in [6.07, 6.45) is 4.85. The molecule has 0 aliphatic carbocycles. The van der Waals surface area contributed by atoms with Crippen LogP contribution in [0.25, 0.3) is 5.57 Å². The highest BCUT2D eigenvalue weighted by Gasteiger charge is 1.97. The fourth-order valence-corrected chi connectivity index (χ4v) is 0.980. The van der Waals surface area contributed by atoms with Gasteiger partial charge in [0.25, 0.3) is 0 Å². The maximum Gasteiger partial charge on any atom is 0.0718 e. The summed E-state index contributed by atoms with van der Waals surface area (Å²) in [6.45, 7) is 7.01. The Morgan fingerprint density at radius 3 is 2.77 bits per heavy atom. The number of allylic oxidation sites excluding steroid dienone is 2. The van der Waals surface area contributed by atoms with Gasteiger partial charge in [-0.2, -0.15) is 0 Å². The molecule has 0 aliphatic rings. The normalized spacial score (nSPS) is 11.0. The van der Waals surface area contributed by atoms with Crippen LogP contribution < -0.4 is 0 Å². The molecular weight excluding hydrogens is 184 g/mol. The van der Waals surface area contributed by atoms with Gasteiger partial charge in [-0.25, -0.2) is 0 Å². The average Bonchev–Trinajstić information content (AvgIpc) is 2.16. The van der Waals surface area contributed by atoms with Crippen molar-refractivity contribution in [2.45, 2.75) is 0 Å². The molecule has 0 aliphatic heterocycles. The van der Waals surface area contributed by atoms with Crippen LogP contribution in [0.2, 0.25) is 5.02 Å². The lowest BCUT2D eigenvalue weighted by molar-refractivity contribution is 1.28. The molecule has 13 heavy (non-hydrogen) atoms. The summed E-state index contributed by atoms with van der Waals surface area (Å²) in [5, 5.41) is 0.610. The maximum absolute atomic E-state index is 5.69. The second kappa shape index (κ2) is 4.58. The van der Waals surface area contributed by atoms with Crippen LogP contribution >= 0.6 is 11.6 Å². The quantitative estimate of drug-likeness (QED) is 0.534. The second-order valence-electron chi connectivity index (χ2n) is 2.33. The zero-order valence-electron chi connectivity index (χ0n) is 7.07. The van der Waals surface area contributed by atoms with Crippen molar-refractivity contribution in [2.24, 2.45) is 4.99 Å². The molecule has 0 aromatic carbocycles. The highest BCUT2D eigenvalue weighted by atomic mass is 35.5. The van der Waals surface area contributed by atoms with Crippen LogP contribution in [0.5, 0.6) is 0 Å². The first kappa shape index (κ1) is 9.68. The zero-order chi connectivity index (χ0) is 9.68. The van der Waals surface area contributed by atoms with E-state index < -0.39 is 0 Å². The predicted molar refractivity (Wildman–Crippen MR) is 57.0 cm³/mol. The van der Waals surface area contributed by atoms with Crippen molar-refractivity contribution >= 4 is 23.9 Å². The van der Waals surface area contributed by atoms with Gasteiger partial charge in [0.05, 0.1) is 10.7 Å². The largest absolute Gasteiger partial charge is 0.272 e. The molecule has 0 atom stereocenters. The molecule has 0 radical (unpaired) electrons. The molecule has 1 aromatic heterocycles. The van der Waals surface area contributed by atoms with Gasteiger partial charge in [0.2, 0.25) is 0 Å². The van der Waals surface area contributed by atoms with Gasteiger partial charge in [0.1, 0.15) is 0 Å². The number of halogens is 1. The number of hydrogen-bond donors (Lipinski definition) is 0. The Morgan fingerprint density at radius 2 is 2.31 bits per heavy atom. The summed E-state index contributed by atoms with van der Waals surface area (Å²) in [5.74, 6) is 0. The highest BCUT2D eigenvalue weighted by Crippen LogP contribution is 2.14. The molecule has 66 valence electrons. The van der Waals surface area contributed by atoms with E-state index in [-0.39, 0.29) is 0 Å². The van der Waals surface area contributed by atoms with Gasteiger partial charge in [-0.15, -0.1) is 0 Å². The molecule has 0 amide bonds. The average molecular weight is 193 g/mol. The SMILES string of the molecule is C=C/C(=C\N=C)c1ccc(Cl)cn1. The van der Waals surface area contributed by atoms with Crippen molar-refractivity contribution in [2.75, 3.05) is 0 Å². The fourth-order valence-electron chi connectivity index (χ4n) is 0.868. The minimum atomic E-state index is 0.610. The molecule has 1 rings (SSSR count). The Labute approximate surface area is 82.3 Å². The Hall–Kier alpha value is -1.41. The number of aromatic nitrogens is 1. The fraction of sp³-hybridized carbons (Fsp3) is 0. The molecule has 0 bridgehead atoms. The molecule has 2 nitrogen and oxygen atoms in total. The van der Waals surface area contributed by atoms with Crippen LogP contribution in [-0.4, -0.2) is 11.7 Å². The third-order valence-corrected chi connectivity index (χ3v) is 1.70. The number of nitrogens with zero attached hydrogens (tertiary/aromatic N) is 2. The summed E-state index contributed by atoms with van der Waals surface area (Å²) in [5.41, 5.74) is 1.61. The molecule has 1 aromatic rings. The molecule has 3 heteroatoms. The van der Waals surface area contributed by atoms with Gasteiger partial charge in [0, 0.05) is 18.0 Å². The Bertz CT molecular complexity index is 338. The van der Waals surface area contributed by atoms with Crippen LogP contribution in [0.3, 0.4) is 0 Å². The number of aliphatic imine (C=N–C) groups is 1. The molecular formula is C10H9ClN2. The van der Waals surface area contributed by atoms with E-state index in [1.807, 2.05) is 0 Å². The van der Waals surface area contributed by atoms with E-state index in [4.69, 9.17) is 11.6 Å². The molecule has 0 saturated heterocycles. The summed E-state index contributed by atoms with van der Waals surface area (Å²) in [4.78, 5) is 7.76. The highest BCUT2D eigenvalue weighted by molar-refractivity contribution is 6.30. The first-order valence-electron chi connectivity index (χ1n) is 3.68. The van der Waals surface area contributed by atoms with Crippen LogP contribution in [0.4, 0.5) is 0 Å². The van der Waals surface area contributed by atoms with E-state index in [0.717, 1.165) is 11.3 Å². The van der Waals surface area contributed by atoms with E-state index in [2.05, 4.69) is 23.3 Å². The smallest absolute Gasteiger partial charge is 0.0718 e. The van der Waals surface area contributed by atoms with Gasteiger partial charge < -0.3 is 0 Å². The Balaban J connectivity index is 3.06. The topological polar surface area (TPSA) is 25.2 Å². The van der Waals surface area contributed by atoms with E-state index in [1.165, 1.54) is 0 Å². The number of hydrogen-bond acceptors (Lipinski definition) is 2. The van der Waals surface area contributed by atoms with E-state index >= 15 is 0 Å². The molecule has 0 unspecified atom stereocenters. The minimum absolute atomic E-state index is 0.610. The van der Waals surface area contributed by atoms with Crippen molar-refractivity contribution in [3.63, 3.8) is 0 Å². The van der Waals surface area contributed by atoms with Gasteiger partial charge in [-0.1, -0.05) is 24.3 Å². The van der Waals surface area contributed by atoms with E-state index in [0.29, 0.717) is 5.02 Å². The molecule has 0 saturated carbocycles. The van der Waals surface area contributed by atoms with Gasteiger partial charge in [0.15, 0.2) is 0 Å². The molecule has 0 N–H and O–H groups in total. The lowest BCUT2D eigenvalue weighted by Gasteiger charge is -1.98. The van der Waals surface area contributed by atoms with Crippen molar-refractivity contribution in [1.82, 2.24) is 4.98 Å². The molecule has 0 fully saturated rings. The zero-order valence-corrected chi connectivity index (χ0v) is 7.83. The molecule has 1 heterocycles. The first-order valence-corrected chi connectivity index (χ1v) is 4.06. The van der Waals surface area contributed by atoms with Crippen molar-refractivity contribution in [1.29, 1.82) is 0 Å². The molecule has 0 spiro atoms. The number of rotatable bonds is 3. The van der Waals surface area contributed by atoms with Crippen LogP contribution in [0, 0.1) is 0 Å². The van der Waals surface area contributed by atoms with Crippen molar-refractivity contribution in [3.05, 3.63) is 47.9 Å². The maximum atomic E-state index is 5.69. The summed E-state index contributed by atoms with van der Waals surface area (Å²) >= 11 is 5.69. The third kappa shape index (κ3) is 2.53. The third-order valence-electron chi connectivity index (χ3n) is 1.47. The number of pyridine rings is 1. The second-order valence-corrected chi connectivity index (χ2v) is 2.77. The van der Waals surface area contributed by atoms with Crippen LogP contribution in [0.1, 0.15) is 5.69 Å². The lowest BCUT2D eigenvalue weighted by Crippen LogP contribution is -1.84. The lowest BCUT2D eigenvalue weighted by atomic mass is 10.2. The van der Waals surface area contributed by atoms with Gasteiger partial charge >= 0.3 is 0 Å². The van der Waals surface area contributed by atoms with Gasteiger partial charge in [-0.3, -0.25) is 9.98 Å². The minimum Gasteiger partial charge on any atom is -0.272 e. The van der Waals surface area contributed by atoms with E-state index in [9.17, 15) is 0 Å². The van der Waals surface area contributed by atoms with Crippen LogP contribution in [0.15, 0.2) is 42.2 Å². The Morgan fingerprint density at radius 1 is 1.54 bits per heavy atom. The van der Waals surface area contributed by atoms with Crippen molar-refractivity contribution < 1.29 is 0 Å². The van der Waals surface area contributed by atoms with Gasteiger partial charge in [-0.05, 0) is 18.9 Å². The van der Waals surface area contributed by atoms with Crippen molar-refractivity contribution in [3.8, 4) is 0 Å². The monoisotopic (exact) mass is 192 g/mol. The summed E-state index contributed by atoms with van der Waals surface area (Å²) < 4.78 is 0. The van der Waals surface area contributed by atoms with E-state index in [1.54, 1.807) is 30.6 Å². The predicted octanol–water partition coefficient (Wildman–Crippen LogP) is 2.96. The summed E-state index contributed by atoms with van der Waals surface area (Å²) in [6, 6.07) is 3.57. The first-order chi connectivity index (χ1) is 6.27. The standard InChI is InChI=1S/C10H9ClN2/c1-3-8(6-12-2)10-5-4-9(11)7-13-10/h3-7H,1-2H2/b8-6+.